The zero-order valence-corrected chi connectivity index (χ0v) is 24.8. The molecule has 2 saturated heterocycles. The van der Waals surface area contributed by atoms with Crippen molar-refractivity contribution in [2.24, 2.45) is 23.7 Å². The molecule has 4 aliphatic rings. The van der Waals surface area contributed by atoms with Crippen LogP contribution in [0.1, 0.15) is 78.6 Å². The van der Waals surface area contributed by atoms with Crippen LogP contribution in [0, 0.1) is 36.5 Å². The Morgan fingerprint density at radius 2 is 1.72 bits per heavy atom. The van der Waals surface area contributed by atoms with E-state index < -0.39 is 6.10 Å². The Labute approximate surface area is 240 Å². The number of rotatable bonds is 5. The van der Waals surface area contributed by atoms with Gasteiger partial charge in [0.05, 0.1) is 44.4 Å². The van der Waals surface area contributed by atoms with Gasteiger partial charge in [-0.05, 0) is 68.6 Å². The minimum Gasteiger partial charge on any atom is -0.389 e. The molecule has 3 N–H and O–H groups in total. The Balaban J connectivity index is 0.00000205. The van der Waals surface area contributed by atoms with Crippen LogP contribution in [-0.2, 0) is 14.3 Å². The third-order valence-electron chi connectivity index (χ3n) is 9.37. The standard InChI is InChI=1S/C28H48ClN3O5.C2H2/c1-17-4-6-20(10-19(17)3)13-30-27(34)12-23-8-9-25-26(37-23)16-36-15-22(33)14-32(25)28(35)31-21-7-5-18(2)24(29)11-21;1-2/h17-26,33H,4-16H2,1-3H3,(H,30,34)(H,31,35);1-2H. The summed E-state index contributed by atoms with van der Waals surface area (Å²) >= 11 is 6.47. The number of hydrogen-bond donors (Lipinski definition) is 3. The first-order valence-electron chi connectivity index (χ1n) is 14.9. The van der Waals surface area contributed by atoms with Crippen LogP contribution in [-0.4, -0.2) is 84.0 Å². The fourth-order valence-corrected chi connectivity index (χ4v) is 6.95. The number of aliphatic hydroxyl groups excluding tert-OH is 1. The number of carbonyl (C=O) groups is 2. The molecule has 2 aliphatic heterocycles. The second kappa shape index (κ2) is 15.5. The number of carbonyl (C=O) groups excluding carboxylic acids is 2. The van der Waals surface area contributed by atoms with Gasteiger partial charge in [0.25, 0.3) is 0 Å². The number of β-amino-alcohol motifs (C(OH)–C–C–N with tert-alkyl or cyclic N) is 1. The summed E-state index contributed by atoms with van der Waals surface area (Å²) in [5.74, 6) is 2.54. The lowest BCUT2D eigenvalue weighted by Crippen LogP contribution is -2.60. The van der Waals surface area contributed by atoms with E-state index in [-0.39, 0.29) is 54.8 Å². The van der Waals surface area contributed by atoms with Crippen LogP contribution in [0.4, 0.5) is 4.79 Å². The van der Waals surface area contributed by atoms with Gasteiger partial charge >= 0.3 is 6.03 Å². The molecule has 0 aromatic carbocycles. The van der Waals surface area contributed by atoms with Crippen LogP contribution >= 0.6 is 11.6 Å². The molecule has 4 rings (SSSR count). The van der Waals surface area contributed by atoms with Crippen LogP contribution in [0.15, 0.2) is 0 Å². The first-order chi connectivity index (χ1) is 18.7. The van der Waals surface area contributed by atoms with Crippen LogP contribution in [0.3, 0.4) is 0 Å². The summed E-state index contributed by atoms with van der Waals surface area (Å²) in [5.41, 5.74) is 0. The van der Waals surface area contributed by atoms with Gasteiger partial charge in [0.2, 0.25) is 5.91 Å². The van der Waals surface area contributed by atoms with Crippen molar-refractivity contribution in [1.82, 2.24) is 15.5 Å². The number of aliphatic hydroxyl groups is 1. The second-order valence-corrected chi connectivity index (χ2v) is 12.9. The molecule has 2 saturated carbocycles. The molecule has 222 valence electrons. The van der Waals surface area contributed by atoms with Crippen molar-refractivity contribution in [2.75, 3.05) is 26.3 Å². The molecule has 10 atom stereocenters. The van der Waals surface area contributed by atoms with Gasteiger partial charge in [-0.1, -0.05) is 27.2 Å². The highest BCUT2D eigenvalue weighted by atomic mass is 35.5. The number of urea groups is 1. The first-order valence-corrected chi connectivity index (χ1v) is 15.4. The van der Waals surface area contributed by atoms with Gasteiger partial charge in [0.1, 0.15) is 6.10 Å². The molecule has 0 spiro atoms. The molecule has 0 aromatic rings. The molecular weight excluding hydrogens is 518 g/mol. The quantitative estimate of drug-likeness (QED) is 0.345. The molecule has 2 aliphatic carbocycles. The minimum atomic E-state index is -0.743. The number of nitrogens with zero attached hydrogens (tertiary/aromatic N) is 1. The van der Waals surface area contributed by atoms with Gasteiger partial charge in [0.15, 0.2) is 0 Å². The van der Waals surface area contributed by atoms with E-state index in [1.807, 2.05) is 0 Å². The largest absolute Gasteiger partial charge is 0.389 e. The second-order valence-electron chi connectivity index (χ2n) is 12.4. The van der Waals surface area contributed by atoms with Crippen molar-refractivity contribution in [1.29, 1.82) is 0 Å². The Morgan fingerprint density at radius 1 is 0.974 bits per heavy atom. The summed E-state index contributed by atoms with van der Waals surface area (Å²) in [6.07, 6.45) is 14.7. The van der Waals surface area contributed by atoms with Crippen molar-refractivity contribution in [3.63, 3.8) is 0 Å². The van der Waals surface area contributed by atoms with Crippen molar-refractivity contribution in [3.8, 4) is 12.8 Å². The molecule has 9 heteroatoms. The van der Waals surface area contributed by atoms with E-state index in [4.69, 9.17) is 21.1 Å². The van der Waals surface area contributed by atoms with E-state index in [1.54, 1.807) is 4.90 Å². The third kappa shape index (κ3) is 9.24. The molecule has 8 nitrogen and oxygen atoms in total. The maximum atomic E-state index is 13.4. The molecule has 0 radical (unpaired) electrons. The Bertz CT molecular complexity index is 813. The van der Waals surface area contributed by atoms with Crippen LogP contribution in [0.2, 0.25) is 0 Å². The van der Waals surface area contributed by atoms with Gasteiger partial charge < -0.3 is 30.1 Å². The summed E-state index contributed by atoms with van der Waals surface area (Å²) in [6, 6.07) is -0.329. The zero-order chi connectivity index (χ0) is 28.5. The summed E-state index contributed by atoms with van der Waals surface area (Å²) in [5, 5.41) is 16.8. The zero-order valence-electron chi connectivity index (χ0n) is 24.0. The highest BCUT2D eigenvalue weighted by molar-refractivity contribution is 6.20. The number of halogens is 1. The lowest BCUT2D eigenvalue weighted by atomic mass is 9.76. The van der Waals surface area contributed by atoms with Crippen molar-refractivity contribution in [2.45, 2.75) is 114 Å². The topological polar surface area (TPSA) is 100 Å². The predicted molar refractivity (Wildman–Crippen MR) is 153 cm³/mol. The average Bonchev–Trinajstić information content (AvgIpc) is 2.90. The molecule has 0 bridgehead atoms. The number of terminal acetylenes is 1. The van der Waals surface area contributed by atoms with Crippen molar-refractivity contribution < 1.29 is 24.2 Å². The number of ether oxygens (including phenoxy) is 2. The predicted octanol–water partition coefficient (Wildman–Crippen LogP) is 3.93. The van der Waals surface area contributed by atoms with E-state index in [0.29, 0.717) is 43.6 Å². The van der Waals surface area contributed by atoms with Gasteiger partial charge in [-0.3, -0.25) is 4.79 Å². The van der Waals surface area contributed by atoms with E-state index >= 15 is 0 Å². The fraction of sp³-hybridized carbons (Fsp3) is 0.867. The monoisotopic (exact) mass is 567 g/mol. The summed E-state index contributed by atoms with van der Waals surface area (Å²) in [7, 11) is 0. The average molecular weight is 568 g/mol. The Kier molecular flexibility index (Phi) is 12.7. The number of hydrogen-bond acceptors (Lipinski definition) is 5. The molecule has 10 unspecified atom stereocenters. The molecule has 0 aromatic heterocycles. The summed E-state index contributed by atoms with van der Waals surface area (Å²) in [6.45, 7) is 8.19. The highest BCUT2D eigenvalue weighted by Gasteiger charge is 2.41. The Morgan fingerprint density at radius 3 is 2.44 bits per heavy atom. The van der Waals surface area contributed by atoms with Crippen LogP contribution < -0.4 is 10.6 Å². The lowest BCUT2D eigenvalue weighted by Gasteiger charge is -2.45. The maximum absolute atomic E-state index is 13.4. The van der Waals surface area contributed by atoms with E-state index in [0.717, 1.165) is 31.7 Å². The van der Waals surface area contributed by atoms with Gasteiger partial charge in [-0.25, -0.2) is 4.79 Å². The van der Waals surface area contributed by atoms with E-state index in [2.05, 4.69) is 44.3 Å². The highest BCUT2D eigenvalue weighted by Crippen LogP contribution is 2.33. The Hall–Kier alpha value is -1.53. The van der Waals surface area contributed by atoms with Gasteiger partial charge in [-0.2, -0.15) is 0 Å². The molecule has 2 heterocycles. The molecule has 4 fully saturated rings. The summed E-state index contributed by atoms with van der Waals surface area (Å²) in [4.78, 5) is 27.8. The number of alkyl halides is 1. The van der Waals surface area contributed by atoms with Crippen molar-refractivity contribution >= 4 is 23.5 Å². The lowest BCUT2D eigenvalue weighted by molar-refractivity contribution is -0.150. The van der Waals surface area contributed by atoms with Gasteiger partial charge in [-0.15, -0.1) is 24.4 Å². The molecule has 3 amide bonds. The van der Waals surface area contributed by atoms with E-state index in [1.165, 1.54) is 19.3 Å². The number of nitrogens with one attached hydrogen (secondary N) is 2. The number of amides is 3. The van der Waals surface area contributed by atoms with Crippen molar-refractivity contribution in [3.05, 3.63) is 0 Å². The minimum absolute atomic E-state index is 0.0358. The van der Waals surface area contributed by atoms with Gasteiger partial charge in [0, 0.05) is 18.0 Å². The van der Waals surface area contributed by atoms with E-state index in [9.17, 15) is 14.7 Å². The third-order valence-corrected chi connectivity index (χ3v) is 9.98. The summed E-state index contributed by atoms with van der Waals surface area (Å²) < 4.78 is 12.1. The first kappa shape index (κ1) is 32.0. The maximum Gasteiger partial charge on any atom is 0.318 e. The van der Waals surface area contributed by atoms with Crippen LogP contribution in [0.25, 0.3) is 0 Å². The fourth-order valence-electron chi connectivity index (χ4n) is 6.61. The number of fused-ring (bicyclic) bond motifs is 1. The van der Waals surface area contributed by atoms with Crippen LogP contribution in [0.5, 0.6) is 0 Å². The molecule has 39 heavy (non-hydrogen) atoms. The SMILES string of the molecule is C#C.CC1CCC(CNC(=O)CC2CCC3C(COCC(O)CN3C(=O)NC3CCC(C)C(Cl)C3)O2)CC1C. The normalized spacial score (nSPS) is 39.1. The smallest absolute Gasteiger partial charge is 0.318 e. The molecular formula is C30H50ClN3O5.